The monoisotopic (exact) mass is 498 g/mol. The van der Waals surface area contributed by atoms with Crippen LogP contribution in [0.2, 0.25) is 0 Å². The van der Waals surface area contributed by atoms with Crippen LogP contribution in [0, 0.1) is 24.1 Å². The van der Waals surface area contributed by atoms with Crippen molar-refractivity contribution in [2.24, 2.45) is 11.3 Å². The fourth-order valence-electron chi connectivity index (χ4n) is 6.01. The van der Waals surface area contributed by atoms with Gasteiger partial charge in [-0.2, -0.15) is 22.8 Å². The summed E-state index contributed by atoms with van der Waals surface area (Å²) in [6.07, 6.45) is -2.15. The maximum Gasteiger partial charge on any atom is 0.391 e. The number of fused-ring (bicyclic) bond motifs is 1. The molecule has 0 spiro atoms. The Balaban J connectivity index is 1.80. The van der Waals surface area contributed by atoms with Gasteiger partial charge in [-0.05, 0) is 57.8 Å². The normalized spacial score (nSPS) is 26.0. The molecule has 0 aromatic carbocycles. The van der Waals surface area contributed by atoms with Crippen LogP contribution in [0.3, 0.4) is 0 Å². The average Bonchev–Trinajstić information content (AvgIpc) is 3.13. The Bertz CT molecular complexity index is 1110. The van der Waals surface area contributed by atoms with Gasteiger partial charge in [-0.1, -0.05) is 20.8 Å². The molecule has 2 aliphatic rings. The molecule has 10 heteroatoms. The van der Waals surface area contributed by atoms with E-state index < -0.39 is 35.2 Å². The fourth-order valence-corrected chi connectivity index (χ4v) is 6.01. The van der Waals surface area contributed by atoms with Crippen LogP contribution in [0.25, 0.3) is 5.65 Å². The molecule has 0 amide bonds. The van der Waals surface area contributed by atoms with E-state index in [0.717, 1.165) is 5.56 Å². The predicted octanol–water partition coefficient (Wildman–Crippen LogP) is 6.22. The molecule has 1 atom stereocenters. The number of aromatic nitrogens is 3. The first kappa shape index (κ1) is 25.7. The van der Waals surface area contributed by atoms with Gasteiger partial charge in [0.2, 0.25) is 0 Å². The average molecular weight is 499 g/mol. The standard InChI is InChI=1S/C25H34F4N4O2/c1-5-24(23(34)35)11-6-12-32(13-24)22-18(14(2)3)15(4)30-21-19(26)20(31-33(21)22)16-7-9-17(10-8-16)25(27,28)29/h14,16-17H,5-13H2,1-4H3,(H,34,35)/t16?,17?,24-/m1/s1. The van der Waals surface area contributed by atoms with Gasteiger partial charge in [0.15, 0.2) is 11.5 Å². The molecule has 1 aliphatic carbocycles. The van der Waals surface area contributed by atoms with Crippen LogP contribution in [-0.4, -0.2) is 44.9 Å². The van der Waals surface area contributed by atoms with E-state index in [9.17, 15) is 23.1 Å². The second-order valence-electron chi connectivity index (χ2n) is 10.6. The second kappa shape index (κ2) is 9.24. The molecule has 2 aromatic rings. The largest absolute Gasteiger partial charge is 0.481 e. The van der Waals surface area contributed by atoms with Gasteiger partial charge in [-0.3, -0.25) is 4.79 Å². The van der Waals surface area contributed by atoms with Crippen LogP contribution in [0.4, 0.5) is 23.4 Å². The minimum atomic E-state index is -4.23. The lowest BCUT2D eigenvalue weighted by Gasteiger charge is -2.41. The third-order valence-electron chi connectivity index (χ3n) is 8.10. The Morgan fingerprint density at radius 2 is 1.89 bits per heavy atom. The molecule has 0 radical (unpaired) electrons. The molecule has 4 rings (SSSR count). The lowest BCUT2D eigenvalue weighted by molar-refractivity contribution is -0.182. The number of hydrogen-bond donors (Lipinski definition) is 1. The summed E-state index contributed by atoms with van der Waals surface area (Å²) in [7, 11) is 0. The van der Waals surface area contributed by atoms with Crippen LogP contribution in [0.1, 0.15) is 94.5 Å². The molecule has 0 bridgehead atoms. The van der Waals surface area contributed by atoms with Crippen molar-refractivity contribution < 1.29 is 27.5 Å². The first-order valence-corrected chi connectivity index (χ1v) is 12.5. The summed E-state index contributed by atoms with van der Waals surface area (Å²) in [5, 5.41) is 14.6. The lowest BCUT2D eigenvalue weighted by atomic mass is 9.77. The molecule has 194 valence electrons. The van der Waals surface area contributed by atoms with Gasteiger partial charge in [0, 0.05) is 30.3 Å². The maximum absolute atomic E-state index is 15.7. The van der Waals surface area contributed by atoms with Gasteiger partial charge < -0.3 is 10.0 Å². The molecular formula is C25H34F4N4O2. The van der Waals surface area contributed by atoms with E-state index in [4.69, 9.17) is 0 Å². The molecule has 1 saturated carbocycles. The quantitative estimate of drug-likeness (QED) is 0.496. The zero-order valence-electron chi connectivity index (χ0n) is 20.8. The van der Waals surface area contributed by atoms with E-state index in [0.29, 0.717) is 37.3 Å². The van der Waals surface area contributed by atoms with E-state index in [2.05, 4.69) is 10.1 Å². The van der Waals surface area contributed by atoms with E-state index in [-0.39, 0.29) is 49.5 Å². The number of hydrogen-bond acceptors (Lipinski definition) is 4. The highest BCUT2D eigenvalue weighted by Gasteiger charge is 2.44. The summed E-state index contributed by atoms with van der Waals surface area (Å²) in [5.74, 6) is -2.50. The molecule has 1 aliphatic heterocycles. The number of halogens is 4. The summed E-state index contributed by atoms with van der Waals surface area (Å²) < 4.78 is 56.6. The van der Waals surface area contributed by atoms with Crippen molar-refractivity contribution in [3.63, 3.8) is 0 Å². The zero-order valence-corrected chi connectivity index (χ0v) is 20.8. The van der Waals surface area contributed by atoms with Crippen LogP contribution >= 0.6 is 0 Å². The Morgan fingerprint density at radius 3 is 2.43 bits per heavy atom. The summed E-state index contributed by atoms with van der Waals surface area (Å²) in [4.78, 5) is 18.7. The SMILES string of the molecule is CC[C@@]1(C(=O)O)CCCN(c2c(C(C)C)c(C)nc3c(F)c(C4CCC(C(F)(F)F)CC4)nn23)C1. The first-order valence-electron chi connectivity index (χ1n) is 12.5. The van der Waals surface area contributed by atoms with Gasteiger partial charge >= 0.3 is 12.1 Å². The summed E-state index contributed by atoms with van der Waals surface area (Å²) in [6, 6.07) is 0. The molecule has 3 heterocycles. The zero-order chi connectivity index (χ0) is 25.7. The number of alkyl halides is 3. The van der Waals surface area contributed by atoms with Crippen LogP contribution in [0.5, 0.6) is 0 Å². The Labute approximate surface area is 202 Å². The number of carboxylic acids is 1. The van der Waals surface area contributed by atoms with Crippen molar-refractivity contribution in [3.05, 3.63) is 22.8 Å². The van der Waals surface area contributed by atoms with Crippen molar-refractivity contribution in [1.29, 1.82) is 0 Å². The fraction of sp³-hybridized carbons (Fsp3) is 0.720. The van der Waals surface area contributed by atoms with Gasteiger partial charge in [-0.15, -0.1) is 0 Å². The van der Waals surface area contributed by atoms with Crippen LogP contribution < -0.4 is 4.90 Å². The van der Waals surface area contributed by atoms with E-state index in [1.807, 2.05) is 32.6 Å². The first-order chi connectivity index (χ1) is 16.4. The third kappa shape index (κ3) is 4.48. The molecule has 2 fully saturated rings. The number of carboxylic acid groups (broad SMARTS) is 1. The summed E-state index contributed by atoms with van der Waals surface area (Å²) in [5.41, 5.74) is 0.844. The highest BCUT2D eigenvalue weighted by atomic mass is 19.4. The van der Waals surface area contributed by atoms with Crippen LogP contribution in [-0.2, 0) is 4.79 Å². The number of piperidine rings is 1. The highest BCUT2D eigenvalue weighted by molar-refractivity contribution is 5.76. The Morgan fingerprint density at radius 1 is 1.23 bits per heavy atom. The van der Waals surface area contributed by atoms with Crippen molar-refractivity contribution >= 4 is 17.4 Å². The van der Waals surface area contributed by atoms with Gasteiger partial charge in [0.25, 0.3) is 0 Å². The van der Waals surface area contributed by atoms with Crippen molar-refractivity contribution in [1.82, 2.24) is 14.6 Å². The van der Waals surface area contributed by atoms with E-state index in [1.54, 1.807) is 0 Å². The number of aryl methyl sites for hydroxylation is 1. The predicted molar refractivity (Wildman–Crippen MR) is 124 cm³/mol. The van der Waals surface area contributed by atoms with Crippen molar-refractivity contribution in [3.8, 4) is 0 Å². The number of rotatable bonds is 5. The molecule has 35 heavy (non-hydrogen) atoms. The molecular weight excluding hydrogens is 464 g/mol. The van der Waals surface area contributed by atoms with E-state index in [1.165, 1.54) is 4.52 Å². The summed E-state index contributed by atoms with van der Waals surface area (Å²) >= 11 is 0. The maximum atomic E-state index is 15.7. The van der Waals surface area contributed by atoms with Crippen LogP contribution in [0.15, 0.2) is 0 Å². The highest BCUT2D eigenvalue weighted by Crippen LogP contribution is 2.44. The molecule has 2 aromatic heterocycles. The van der Waals surface area contributed by atoms with Crippen molar-refractivity contribution in [2.75, 3.05) is 18.0 Å². The molecule has 0 unspecified atom stereocenters. The Kier molecular flexibility index (Phi) is 6.79. The van der Waals surface area contributed by atoms with Gasteiger partial charge in [-0.25, -0.2) is 9.37 Å². The Hall–Kier alpha value is -2.39. The minimum Gasteiger partial charge on any atom is -0.481 e. The second-order valence-corrected chi connectivity index (χ2v) is 10.6. The number of aliphatic carboxylic acids is 1. The number of anilines is 1. The van der Waals surface area contributed by atoms with E-state index >= 15 is 4.39 Å². The molecule has 6 nitrogen and oxygen atoms in total. The van der Waals surface area contributed by atoms with Gasteiger partial charge in [0.1, 0.15) is 11.5 Å². The third-order valence-corrected chi connectivity index (χ3v) is 8.10. The molecule has 1 saturated heterocycles. The van der Waals surface area contributed by atoms with Crippen molar-refractivity contribution in [2.45, 2.75) is 90.7 Å². The lowest BCUT2D eigenvalue weighted by Crippen LogP contribution is -2.48. The topological polar surface area (TPSA) is 70.7 Å². The molecule has 1 N–H and O–H groups in total. The number of carbonyl (C=O) groups is 1. The van der Waals surface area contributed by atoms with Gasteiger partial charge in [0.05, 0.1) is 11.3 Å². The number of nitrogens with zero attached hydrogens (tertiary/aromatic N) is 4. The smallest absolute Gasteiger partial charge is 0.391 e. The minimum absolute atomic E-state index is 0.0302. The summed E-state index contributed by atoms with van der Waals surface area (Å²) in [6.45, 7) is 8.59.